The molecule has 1 heterocycles. The number of rotatable bonds is 1. The lowest BCUT2D eigenvalue weighted by atomic mass is 10.3. The minimum absolute atomic E-state index is 0.103. The van der Waals surface area contributed by atoms with Crippen LogP contribution in [-0.2, 0) is 0 Å². The fourth-order valence-electron chi connectivity index (χ4n) is 1.58. The third-order valence-electron chi connectivity index (χ3n) is 2.26. The predicted octanol–water partition coefficient (Wildman–Crippen LogP) is 2.19. The maximum Gasteiger partial charge on any atom is 0.232 e. The number of imidazole rings is 1. The lowest BCUT2D eigenvalue weighted by molar-refractivity contribution is 0.451. The van der Waals surface area contributed by atoms with Crippen LogP contribution < -0.4 is 0 Å². The molecule has 14 heavy (non-hydrogen) atoms. The van der Waals surface area contributed by atoms with Gasteiger partial charge in [-0.3, -0.25) is 4.57 Å². The van der Waals surface area contributed by atoms with E-state index in [0.29, 0.717) is 0 Å². The Balaban J connectivity index is 2.62. The Morgan fingerprint density at radius 1 is 1.14 bits per heavy atom. The van der Waals surface area contributed by atoms with Gasteiger partial charge in [0.15, 0.2) is 0 Å². The van der Waals surface area contributed by atoms with Gasteiger partial charge in [-0.25, -0.2) is 0 Å². The number of para-hydroxylation sites is 1. The Kier molecular flexibility index (Phi) is 2.00. The maximum absolute atomic E-state index is 9.45. The number of nitrogens with zero attached hydrogens (tertiary/aromatic N) is 2. The summed E-state index contributed by atoms with van der Waals surface area (Å²) in [5, 5.41) is 9.45. The van der Waals surface area contributed by atoms with E-state index in [-0.39, 0.29) is 5.88 Å². The minimum Gasteiger partial charge on any atom is -0.492 e. The van der Waals surface area contributed by atoms with Gasteiger partial charge < -0.3 is 5.11 Å². The van der Waals surface area contributed by atoms with E-state index in [1.165, 1.54) is 0 Å². The van der Waals surface area contributed by atoms with E-state index in [9.17, 15) is 5.11 Å². The number of hydrogen-bond acceptors (Lipinski definition) is 2. The summed E-state index contributed by atoms with van der Waals surface area (Å²) in [6, 6.07) is 9.86. The summed E-state index contributed by atoms with van der Waals surface area (Å²) in [5.41, 5.74) is 1.80. The van der Waals surface area contributed by atoms with E-state index in [1.54, 1.807) is 0 Å². The molecule has 1 aromatic carbocycles. The fraction of sp³-hybridized carbons (Fsp3) is 0.182. The molecule has 0 fully saturated rings. The number of aromatic nitrogens is 2. The molecule has 2 rings (SSSR count). The Labute approximate surface area is 82.7 Å². The average molecular weight is 188 g/mol. The number of aromatic hydroxyl groups is 1. The fourth-order valence-corrected chi connectivity index (χ4v) is 1.58. The molecular formula is C11H12N2O. The summed E-state index contributed by atoms with van der Waals surface area (Å²) in [6.45, 7) is 3.72. The van der Waals surface area contributed by atoms with Crippen molar-refractivity contribution < 1.29 is 5.11 Å². The molecule has 0 saturated heterocycles. The predicted molar refractivity (Wildman–Crippen MR) is 54.7 cm³/mol. The zero-order valence-corrected chi connectivity index (χ0v) is 8.23. The van der Waals surface area contributed by atoms with E-state index in [4.69, 9.17) is 0 Å². The maximum atomic E-state index is 9.45. The summed E-state index contributed by atoms with van der Waals surface area (Å²) >= 11 is 0. The van der Waals surface area contributed by atoms with Crippen molar-refractivity contribution in [3.63, 3.8) is 0 Å². The van der Waals surface area contributed by atoms with E-state index in [1.807, 2.05) is 48.7 Å². The van der Waals surface area contributed by atoms with Gasteiger partial charge in [-0.05, 0) is 26.0 Å². The molecule has 3 heteroatoms. The van der Waals surface area contributed by atoms with Crippen molar-refractivity contribution in [3.8, 4) is 11.6 Å². The second-order valence-corrected chi connectivity index (χ2v) is 3.24. The third kappa shape index (κ3) is 1.27. The Morgan fingerprint density at radius 3 is 2.29 bits per heavy atom. The first-order valence-electron chi connectivity index (χ1n) is 4.50. The molecular weight excluding hydrogens is 176 g/mol. The zero-order valence-electron chi connectivity index (χ0n) is 8.23. The highest BCUT2D eigenvalue weighted by molar-refractivity contribution is 5.38. The second-order valence-electron chi connectivity index (χ2n) is 3.24. The first-order chi connectivity index (χ1) is 6.70. The van der Waals surface area contributed by atoms with Crippen LogP contribution in [0.25, 0.3) is 5.69 Å². The summed E-state index contributed by atoms with van der Waals surface area (Å²) in [5.74, 6) is 0.901. The second kappa shape index (κ2) is 3.18. The third-order valence-corrected chi connectivity index (χ3v) is 2.26. The van der Waals surface area contributed by atoms with Gasteiger partial charge in [0.1, 0.15) is 5.82 Å². The quantitative estimate of drug-likeness (QED) is 0.745. The Hall–Kier alpha value is -1.77. The van der Waals surface area contributed by atoms with Crippen LogP contribution in [0.4, 0.5) is 0 Å². The molecule has 0 bridgehead atoms. The molecule has 1 N–H and O–H groups in total. The molecule has 3 nitrogen and oxygen atoms in total. The molecule has 2 aromatic rings. The monoisotopic (exact) mass is 188 g/mol. The summed E-state index contributed by atoms with van der Waals surface area (Å²) in [7, 11) is 0. The van der Waals surface area contributed by atoms with Crippen molar-refractivity contribution in [1.82, 2.24) is 9.55 Å². The van der Waals surface area contributed by atoms with Crippen molar-refractivity contribution in [2.24, 2.45) is 0 Å². The largest absolute Gasteiger partial charge is 0.492 e. The van der Waals surface area contributed by atoms with E-state index in [0.717, 1.165) is 17.2 Å². The topological polar surface area (TPSA) is 38.1 Å². The van der Waals surface area contributed by atoms with Gasteiger partial charge in [0.05, 0.1) is 5.69 Å². The van der Waals surface area contributed by atoms with Crippen molar-refractivity contribution in [2.75, 3.05) is 0 Å². The van der Waals surface area contributed by atoms with Crippen molar-refractivity contribution in [3.05, 3.63) is 41.9 Å². The Bertz CT molecular complexity index is 446. The van der Waals surface area contributed by atoms with Crippen LogP contribution in [0.1, 0.15) is 11.5 Å². The van der Waals surface area contributed by atoms with Gasteiger partial charge in [0.2, 0.25) is 5.88 Å². The van der Waals surface area contributed by atoms with E-state index >= 15 is 0 Å². The first kappa shape index (κ1) is 8.81. The van der Waals surface area contributed by atoms with Gasteiger partial charge in [0, 0.05) is 5.69 Å². The minimum atomic E-state index is 0.103. The molecule has 0 amide bonds. The summed E-state index contributed by atoms with van der Waals surface area (Å²) in [4.78, 5) is 4.01. The van der Waals surface area contributed by atoms with Gasteiger partial charge in [0.25, 0.3) is 0 Å². The molecule has 0 aliphatic carbocycles. The van der Waals surface area contributed by atoms with Crippen LogP contribution in [0.5, 0.6) is 5.88 Å². The van der Waals surface area contributed by atoms with Crippen LogP contribution in [0, 0.1) is 13.8 Å². The van der Waals surface area contributed by atoms with Crippen molar-refractivity contribution >= 4 is 0 Å². The molecule has 0 atom stereocenters. The number of hydrogen-bond donors (Lipinski definition) is 1. The van der Waals surface area contributed by atoms with Gasteiger partial charge in [-0.2, -0.15) is 4.98 Å². The molecule has 0 aliphatic heterocycles. The van der Waals surface area contributed by atoms with Gasteiger partial charge in [-0.15, -0.1) is 0 Å². The lowest BCUT2D eigenvalue weighted by Gasteiger charge is -2.06. The van der Waals surface area contributed by atoms with Crippen LogP contribution in [-0.4, -0.2) is 14.7 Å². The molecule has 0 aliphatic rings. The molecule has 0 radical (unpaired) electrons. The molecule has 72 valence electrons. The summed E-state index contributed by atoms with van der Waals surface area (Å²) < 4.78 is 1.93. The van der Waals surface area contributed by atoms with Crippen LogP contribution in [0.15, 0.2) is 30.3 Å². The van der Waals surface area contributed by atoms with Crippen LogP contribution in [0.3, 0.4) is 0 Å². The normalized spacial score (nSPS) is 10.4. The standard InChI is InChI=1S/C11H12N2O/c1-8-11(14)12-9(2)13(8)10-6-4-3-5-7-10/h3-7,14H,1-2H3. The Morgan fingerprint density at radius 2 is 1.79 bits per heavy atom. The zero-order chi connectivity index (χ0) is 10.1. The highest BCUT2D eigenvalue weighted by atomic mass is 16.3. The van der Waals surface area contributed by atoms with Crippen LogP contribution >= 0.6 is 0 Å². The molecule has 0 spiro atoms. The highest BCUT2D eigenvalue weighted by Gasteiger charge is 2.10. The van der Waals surface area contributed by atoms with Crippen molar-refractivity contribution in [2.45, 2.75) is 13.8 Å². The first-order valence-corrected chi connectivity index (χ1v) is 4.50. The molecule has 0 saturated carbocycles. The van der Waals surface area contributed by atoms with Gasteiger partial charge >= 0.3 is 0 Å². The van der Waals surface area contributed by atoms with Gasteiger partial charge in [-0.1, -0.05) is 18.2 Å². The smallest absolute Gasteiger partial charge is 0.232 e. The van der Waals surface area contributed by atoms with E-state index in [2.05, 4.69) is 4.98 Å². The van der Waals surface area contributed by atoms with Crippen LogP contribution in [0.2, 0.25) is 0 Å². The lowest BCUT2D eigenvalue weighted by Crippen LogP contribution is -1.98. The average Bonchev–Trinajstić information content (AvgIpc) is 2.43. The number of benzene rings is 1. The number of aryl methyl sites for hydroxylation is 1. The molecule has 0 unspecified atom stereocenters. The SMILES string of the molecule is Cc1nc(O)c(C)n1-c1ccccc1. The van der Waals surface area contributed by atoms with Crippen molar-refractivity contribution in [1.29, 1.82) is 0 Å². The summed E-state index contributed by atoms with van der Waals surface area (Å²) in [6.07, 6.45) is 0. The molecule has 1 aromatic heterocycles. The van der Waals surface area contributed by atoms with E-state index < -0.39 is 0 Å². The highest BCUT2D eigenvalue weighted by Crippen LogP contribution is 2.20.